The molecule has 3 N–H and O–H groups in total. The second-order valence-corrected chi connectivity index (χ2v) is 4.20. The maximum atomic E-state index is 5.53. The van der Waals surface area contributed by atoms with Crippen LogP contribution in [0.2, 0.25) is 0 Å². The molecular formula is C12H19N3S. The highest BCUT2D eigenvalue weighted by atomic mass is 32.1. The lowest BCUT2D eigenvalue weighted by molar-refractivity contribution is 0.367. The largest absolute Gasteiger partial charge is 0.389 e. The molecule has 0 aliphatic carbocycles. The van der Waals surface area contributed by atoms with Gasteiger partial charge in [-0.05, 0) is 37.9 Å². The molecule has 0 fully saturated rings. The second-order valence-electron chi connectivity index (χ2n) is 3.76. The lowest BCUT2D eigenvalue weighted by Gasteiger charge is -2.14. The van der Waals surface area contributed by atoms with Crippen LogP contribution in [-0.2, 0) is 0 Å². The Labute approximate surface area is 103 Å². The summed E-state index contributed by atoms with van der Waals surface area (Å²) >= 11 is 4.89. The number of rotatable bonds is 6. The van der Waals surface area contributed by atoms with Gasteiger partial charge in [-0.3, -0.25) is 0 Å². The zero-order chi connectivity index (χ0) is 12.0. The Balaban J connectivity index is 2.40. The van der Waals surface area contributed by atoms with E-state index in [4.69, 9.17) is 18.0 Å². The lowest BCUT2D eigenvalue weighted by atomic mass is 10.2. The predicted molar refractivity (Wildman–Crippen MR) is 74.0 cm³/mol. The highest BCUT2D eigenvalue weighted by molar-refractivity contribution is 7.80. The molecule has 16 heavy (non-hydrogen) atoms. The van der Waals surface area contributed by atoms with Crippen LogP contribution in [-0.4, -0.2) is 36.6 Å². The number of thiocarbonyl (C=S) groups is 1. The number of hydrogen-bond acceptors (Lipinski definition) is 3. The molecule has 0 radical (unpaired) electrons. The van der Waals surface area contributed by atoms with Crippen LogP contribution in [0.15, 0.2) is 24.3 Å². The van der Waals surface area contributed by atoms with Gasteiger partial charge in [0.1, 0.15) is 4.99 Å². The number of nitrogens with two attached hydrogens (primary N) is 1. The third-order valence-corrected chi connectivity index (χ3v) is 2.77. The topological polar surface area (TPSA) is 41.3 Å². The normalized spacial score (nSPS) is 10.4. The van der Waals surface area contributed by atoms with Crippen molar-refractivity contribution < 1.29 is 0 Å². The fourth-order valence-electron chi connectivity index (χ4n) is 1.30. The van der Waals surface area contributed by atoms with Crippen molar-refractivity contribution in [3.8, 4) is 0 Å². The van der Waals surface area contributed by atoms with Crippen molar-refractivity contribution >= 4 is 22.9 Å². The predicted octanol–water partition coefficient (Wildman–Crippen LogP) is 1.68. The summed E-state index contributed by atoms with van der Waals surface area (Å²) in [6, 6.07) is 7.88. The molecule has 0 unspecified atom stereocenters. The van der Waals surface area contributed by atoms with Gasteiger partial charge in [-0.25, -0.2) is 0 Å². The highest BCUT2D eigenvalue weighted by Crippen LogP contribution is 2.08. The maximum Gasteiger partial charge on any atom is 0.103 e. The van der Waals surface area contributed by atoms with Crippen molar-refractivity contribution in [2.75, 3.05) is 32.0 Å². The molecule has 1 rings (SSSR count). The summed E-state index contributed by atoms with van der Waals surface area (Å²) in [5, 5.41) is 3.35. The zero-order valence-electron chi connectivity index (χ0n) is 9.86. The molecule has 4 heteroatoms. The van der Waals surface area contributed by atoms with E-state index in [2.05, 4.69) is 24.2 Å². The summed E-state index contributed by atoms with van der Waals surface area (Å²) in [7, 11) is 2.11. The van der Waals surface area contributed by atoms with Crippen LogP contribution in [0.3, 0.4) is 0 Å². The van der Waals surface area contributed by atoms with Crippen molar-refractivity contribution in [2.24, 2.45) is 5.73 Å². The molecule has 0 aliphatic rings. The van der Waals surface area contributed by atoms with Crippen molar-refractivity contribution in [1.82, 2.24) is 4.90 Å². The van der Waals surface area contributed by atoms with Gasteiger partial charge < -0.3 is 16.0 Å². The number of nitrogens with zero attached hydrogens (tertiary/aromatic N) is 1. The third-order valence-electron chi connectivity index (χ3n) is 2.53. The molecule has 0 amide bonds. The fourth-order valence-corrected chi connectivity index (χ4v) is 1.44. The summed E-state index contributed by atoms with van der Waals surface area (Å²) in [6.45, 7) is 5.20. The molecule has 0 heterocycles. The van der Waals surface area contributed by atoms with Crippen LogP contribution in [0.5, 0.6) is 0 Å². The van der Waals surface area contributed by atoms with Crippen LogP contribution in [0.4, 0.5) is 5.69 Å². The third kappa shape index (κ3) is 4.16. The van der Waals surface area contributed by atoms with Gasteiger partial charge in [0.2, 0.25) is 0 Å². The first-order valence-corrected chi connectivity index (χ1v) is 5.86. The maximum absolute atomic E-state index is 5.53. The minimum absolute atomic E-state index is 0.442. The second kappa shape index (κ2) is 6.45. The molecular weight excluding hydrogens is 218 g/mol. The Bertz CT molecular complexity index is 335. The SMILES string of the molecule is CCN(C)CCNc1ccc(C(N)=S)cc1. The Morgan fingerprint density at radius 1 is 1.38 bits per heavy atom. The van der Waals surface area contributed by atoms with Crippen molar-refractivity contribution in [3.63, 3.8) is 0 Å². The summed E-state index contributed by atoms with van der Waals surface area (Å²) in [4.78, 5) is 2.70. The monoisotopic (exact) mass is 237 g/mol. The highest BCUT2D eigenvalue weighted by Gasteiger charge is 1.97. The van der Waals surface area contributed by atoms with E-state index in [0.717, 1.165) is 30.9 Å². The standard InChI is InChI=1S/C12H19N3S/c1-3-15(2)9-8-14-11-6-4-10(5-7-11)12(13)16/h4-7,14H,3,8-9H2,1-2H3,(H2,13,16). The first-order valence-electron chi connectivity index (χ1n) is 5.45. The molecule has 0 atom stereocenters. The Morgan fingerprint density at radius 2 is 2.00 bits per heavy atom. The van der Waals surface area contributed by atoms with Crippen LogP contribution in [0.1, 0.15) is 12.5 Å². The molecule has 1 aromatic rings. The minimum atomic E-state index is 0.442. The minimum Gasteiger partial charge on any atom is -0.389 e. The number of nitrogens with one attached hydrogen (secondary N) is 1. The van der Waals surface area contributed by atoms with E-state index in [9.17, 15) is 0 Å². The smallest absolute Gasteiger partial charge is 0.103 e. The zero-order valence-corrected chi connectivity index (χ0v) is 10.7. The molecule has 0 aliphatic heterocycles. The van der Waals surface area contributed by atoms with Gasteiger partial charge in [0.25, 0.3) is 0 Å². The molecule has 0 saturated carbocycles. The van der Waals surface area contributed by atoms with Gasteiger partial charge >= 0.3 is 0 Å². The van der Waals surface area contributed by atoms with Gasteiger partial charge in [0.05, 0.1) is 0 Å². The molecule has 0 bridgehead atoms. The number of benzene rings is 1. The van der Waals surface area contributed by atoms with Gasteiger partial charge in [-0.15, -0.1) is 0 Å². The van der Waals surface area contributed by atoms with Crippen LogP contribution in [0, 0.1) is 0 Å². The van der Waals surface area contributed by atoms with E-state index in [1.54, 1.807) is 0 Å². The van der Waals surface area contributed by atoms with Gasteiger partial charge in [0, 0.05) is 24.3 Å². The summed E-state index contributed by atoms with van der Waals surface area (Å²) in [5.41, 5.74) is 7.54. The first kappa shape index (κ1) is 12.9. The van der Waals surface area contributed by atoms with E-state index in [1.807, 2.05) is 24.3 Å². The molecule has 88 valence electrons. The van der Waals surface area contributed by atoms with Crippen LogP contribution < -0.4 is 11.1 Å². The average molecular weight is 237 g/mol. The summed E-state index contributed by atoms with van der Waals surface area (Å²) in [6.07, 6.45) is 0. The Hall–Kier alpha value is -1.13. The molecule has 0 spiro atoms. The molecule has 3 nitrogen and oxygen atoms in total. The van der Waals surface area contributed by atoms with Crippen molar-refractivity contribution in [3.05, 3.63) is 29.8 Å². The number of anilines is 1. The molecule has 0 aromatic heterocycles. The van der Waals surface area contributed by atoms with E-state index in [0.29, 0.717) is 4.99 Å². The first-order chi connectivity index (χ1) is 7.63. The van der Waals surface area contributed by atoms with E-state index in [-0.39, 0.29) is 0 Å². The lowest BCUT2D eigenvalue weighted by Crippen LogP contribution is -2.24. The Morgan fingerprint density at radius 3 is 2.50 bits per heavy atom. The van der Waals surface area contributed by atoms with Crippen molar-refractivity contribution in [2.45, 2.75) is 6.92 Å². The molecule has 0 saturated heterocycles. The van der Waals surface area contributed by atoms with Crippen LogP contribution >= 0.6 is 12.2 Å². The van der Waals surface area contributed by atoms with Gasteiger partial charge in [-0.1, -0.05) is 19.1 Å². The number of likely N-dealkylation sites (N-methyl/N-ethyl adjacent to an activating group) is 1. The summed E-state index contributed by atoms with van der Waals surface area (Å²) < 4.78 is 0. The molecule has 1 aromatic carbocycles. The van der Waals surface area contributed by atoms with Gasteiger partial charge in [0.15, 0.2) is 0 Å². The fraction of sp³-hybridized carbons (Fsp3) is 0.417. The quantitative estimate of drug-likeness (QED) is 0.739. The van der Waals surface area contributed by atoms with E-state index in [1.165, 1.54) is 0 Å². The van der Waals surface area contributed by atoms with Crippen LogP contribution in [0.25, 0.3) is 0 Å². The van der Waals surface area contributed by atoms with Gasteiger partial charge in [-0.2, -0.15) is 0 Å². The van der Waals surface area contributed by atoms with E-state index < -0.39 is 0 Å². The summed E-state index contributed by atoms with van der Waals surface area (Å²) in [5.74, 6) is 0. The average Bonchev–Trinajstić information content (AvgIpc) is 2.29. The van der Waals surface area contributed by atoms with Crippen molar-refractivity contribution in [1.29, 1.82) is 0 Å². The van der Waals surface area contributed by atoms with E-state index >= 15 is 0 Å². The number of hydrogen-bond donors (Lipinski definition) is 2. The Kier molecular flexibility index (Phi) is 5.22.